The lowest BCUT2D eigenvalue weighted by molar-refractivity contribution is -0.123. The molecule has 0 aliphatic heterocycles. The molecule has 0 radical (unpaired) electrons. The first-order valence-electron chi connectivity index (χ1n) is 11.5. The van der Waals surface area contributed by atoms with Gasteiger partial charge in [0.15, 0.2) is 0 Å². The summed E-state index contributed by atoms with van der Waals surface area (Å²) in [7, 11) is 0. The van der Waals surface area contributed by atoms with Gasteiger partial charge >= 0.3 is 0 Å². The van der Waals surface area contributed by atoms with Crippen molar-refractivity contribution in [3.63, 3.8) is 0 Å². The van der Waals surface area contributed by atoms with Gasteiger partial charge in [0.05, 0.1) is 0 Å². The summed E-state index contributed by atoms with van der Waals surface area (Å²) in [6, 6.07) is 22.2. The molecular weight excluding hydrogens is 457 g/mol. The Morgan fingerprint density at radius 2 is 1.81 bits per heavy atom. The molecule has 3 aromatic carbocycles. The number of carbonyl (C=O) groups is 2. The molecule has 0 bridgehead atoms. The second kappa shape index (κ2) is 9.87. The van der Waals surface area contributed by atoms with Gasteiger partial charge in [-0.2, -0.15) is 0 Å². The highest BCUT2D eigenvalue weighted by molar-refractivity contribution is 6.00. The van der Waals surface area contributed by atoms with E-state index >= 15 is 0 Å². The fourth-order valence-corrected chi connectivity index (χ4v) is 4.21. The third kappa shape index (κ3) is 5.02. The summed E-state index contributed by atoms with van der Waals surface area (Å²) in [4.78, 5) is 33.5. The van der Waals surface area contributed by atoms with E-state index in [2.05, 4.69) is 20.6 Å². The quantitative estimate of drug-likeness (QED) is 0.280. The zero-order valence-electron chi connectivity index (χ0n) is 19.3. The highest BCUT2D eigenvalue weighted by Gasteiger charge is 2.23. The van der Waals surface area contributed by atoms with E-state index in [9.17, 15) is 14.0 Å². The van der Waals surface area contributed by atoms with Crippen molar-refractivity contribution in [2.24, 2.45) is 0 Å². The number of nitrogens with zero attached hydrogens (tertiary/aromatic N) is 1. The highest BCUT2D eigenvalue weighted by atomic mass is 19.1. The molecule has 0 unspecified atom stereocenters. The molecule has 0 saturated heterocycles. The third-order valence-electron chi connectivity index (χ3n) is 6.07. The van der Waals surface area contributed by atoms with Crippen LogP contribution >= 0.6 is 0 Å². The summed E-state index contributed by atoms with van der Waals surface area (Å²) < 4.78 is 13.6. The Hall–Kier alpha value is -4.72. The molecule has 0 fully saturated rings. The van der Waals surface area contributed by atoms with Crippen molar-refractivity contribution < 1.29 is 14.0 Å². The molecule has 2 aromatic heterocycles. The van der Waals surface area contributed by atoms with Crippen LogP contribution in [0.15, 0.2) is 85.1 Å². The van der Waals surface area contributed by atoms with Crippen molar-refractivity contribution in [3.8, 4) is 0 Å². The van der Waals surface area contributed by atoms with Crippen molar-refractivity contribution in [2.45, 2.75) is 19.0 Å². The Morgan fingerprint density at radius 1 is 0.972 bits per heavy atom. The Labute approximate surface area is 206 Å². The van der Waals surface area contributed by atoms with Crippen LogP contribution in [0.3, 0.4) is 0 Å². The lowest BCUT2D eigenvalue weighted by atomic mass is 9.98. The van der Waals surface area contributed by atoms with Crippen LogP contribution < -0.4 is 16.4 Å². The van der Waals surface area contributed by atoms with Gasteiger partial charge in [-0.1, -0.05) is 48.5 Å². The van der Waals surface area contributed by atoms with Crippen LogP contribution in [0.25, 0.3) is 21.7 Å². The molecule has 7 nitrogen and oxygen atoms in total. The number of carbonyl (C=O) groups excluding carboxylic acids is 2. The molecule has 5 N–H and O–H groups in total. The number of benzene rings is 3. The number of fused-ring (bicyclic) bond motifs is 2. The van der Waals surface area contributed by atoms with Gasteiger partial charge in [0.2, 0.25) is 5.91 Å². The standard InChI is InChI=1S/C28H24FN5O2/c29-21-9-10-23-20(12-21)14-25(33-23)28(36)34-24(27(35)32-16-17-8-11-26(30)31-15-17)13-19-6-3-5-18-4-1-2-7-22(18)19/h1-12,14-15,24,33H,13,16H2,(H2,30,31)(H,32,35)(H,34,36)/t24-/m0/s1. The molecular formula is C28H24FN5O2. The first-order valence-corrected chi connectivity index (χ1v) is 11.5. The SMILES string of the molecule is Nc1ccc(CNC(=O)[C@H](Cc2cccc3ccccc23)NC(=O)c2cc3cc(F)ccc3[nH]2)cn1. The summed E-state index contributed by atoms with van der Waals surface area (Å²) in [6.45, 7) is 0.236. The van der Waals surface area contributed by atoms with Crippen LogP contribution in [0.4, 0.5) is 10.2 Å². The molecule has 5 aromatic rings. The number of amides is 2. The topological polar surface area (TPSA) is 113 Å². The number of rotatable bonds is 7. The number of anilines is 1. The van der Waals surface area contributed by atoms with Gasteiger partial charge in [-0.25, -0.2) is 9.37 Å². The molecule has 8 heteroatoms. The van der Waals surface area contributed by atoms with Gasteiger partial charge in [-0.05, 0) is 52.2 Å². The molecule has 0 aliphatic carbocycles. The first kappa shape index (κ1) is 23.0. The summed E-state index contributed by atoms with van der Waals surface area (Å²) >= 11 is 0. The second-order valence-corrected chi connectivity index (χ2v) is 8.59. The molecule has 0 spiro atoms. The van der Waals surface area contributed by atoms with Crippen LogP contribution in [0.5, 0.6) is 0 Å². The van der Waals surface area contributed by atoms with Gasteiger partial charge in [0, 0.05) is 30.1 Å². The lowest BCUT2D eigenvalue weighted by Gasteiger charge is -2.19. The van der Waals surface area contributed by atoms with E-state index < -0.39 is 11.9 Å². The van der Waals surface area contributed by atoms with Gasteiger partial charge in [-0.15, -0.1) is 0 Å². The minimum absolute atomic E-state index is 0.236. The molecule has 0 saturated carbocycles. The van der Waals surface area contributed by atoms with Crippen LogP contribution in [0.2, 0.25) is 0 Å². The maximum atomic E-state index is 13.6. The molecule has 36 heavy (non-hydrogen) atoms. The number of aromatic amines is 1. The summed E-state index contributed by atoms with van der Waals surface area (Å²) in [5, 5.41) is 8.37. The first-order chi connectivity index (χ1) is 17.5. The number of hydrogen-bond donors (Lipinski definition) is 4. The van der Waals surface area contributed by atoms with E-state index in [0.29, 0.717) is 16.7 Å². The number of nitrogens with two attached hydrogens (primary N) is 1. The smallest absolute Gasteiger partial charge is 0.268 e. The van der Waals surface area contributed by atoms with Crippen molar-refractivity contribution in [2.75, 3.05) is 5.73 Å². The Balaban J connectivity index is 1.40. The predicted molar refractivity (Wildman–Crippen MR) is 138 cm³/mol. The number of halogens is 1. The summed E-state index contributed by atoms with van der Waals surface area (Å²) in [6.07, 6.45) is 1.88. The maximum absolute atomic E-state index is 13.6. The Bertz CT molecular complexity index is 1560. The zero-order chi connectivity index (χ0) is 25.1. The minimum atomic E-state index is -0.854. The average molecular weight is 482 g/mol. The number of hydrogen-bond acceptors (Lipinski definition) is 4. The fourth-order valence-electron chi connectivity index (χ4n) is 4.21. The van der Waals surface area contributed by atoms with E-state index in [1.54, 1.807) is 30.5 Å². The number of aromatic nitrogens is 2. The van der Waals surface area contributed by atoms with Crippen LogP contribution in [0, 0.1) is 5.82 Å². The fraction of sp³-hybridized carbons (Fsp3) is 0.107. The summed E-state index contributed by atoms with van der Waals surface area (Å²) in [5.74, 6) is -0.792. The van der Waals surface area contributed by atoms with Gasteiger partial charge in [0.25, 0.3) is 5.91 Å². The minimum Gasteiger partial charge on any atom is -0.384 e. The lowest BCUT2D eigenvalue weighted by Crippen LogP contribution is -2.48. The monoisotopic (exact) mass is 481 g/mol. The number of H-pyrrole nitrogens is 1. The van der Waals surface area contributed by atoms with Crippen LogP contribution in [-0.4, -0.2) is 27.8 Å². The molecule has 180 valence electrons. The molecule has 2 amide bonds. The van der Waals surface area contributed by atoms with E-state index in [1.165, 1.54) is 12.1 Å². The van der Waals surface area contributed by atoms with Crippen molar-refractivity contribution in [3.05, 3.63) is 108 Å². The maximum Gasteiger partial charge on any atom is 0.268 e. The number of nitrogens with one attached hydrogen (secondary N) is 3. The largest absolute Gasteiger partial charge is 0.384 e. The molecule has 1 atom stereocenters. The predicted octanol–water partition coefficient (Wildman–Crippen LogP) is 4.09. The third-order valence-corrected chi connectivity index (χ3v) is 6.07. The van der Waals surface area contributed by atoms with E-state index in [-0.39, 0.29) is 30.4 Å². The highest BCUT2D eigenvalue weighted by Crippen LogP contribution is 2.21. The number of pyridine rings is 1. The van der Waals surface area contributed by atoms with Crippen LogP contribution in [0.1, 0.15) is 21.6 Å². The Kier molecular flexibility index (Phi) is 6.32. The van der Waals surface area contributed by atoms with Crippen molar-refractivity contribution >= 4 is 39.3 Å². The zero-order valence-corrected chi connectivity index (χ0v) is 19.3. The van der Waals surface area contributed by atoms with Gasteiger partial charge in [0.1, 0.15) is 23.4 Å². The Morgan fingerprint density at radius 3 is 2.64 bits per heavy atom. The normalized spacial score (nSPS) is 11.9. The van der Waals surface area contributed by atoms with E-state index in [4.69, 9.17) is 5.73 Å². The van der Waals surface area contributed by atoms with E-state index in [0.717, 1.165) is 21.9 Å². The number of nitrogen functional groups attached to an aromatic ring is 1. The van der Waals surface area contributed by atoms with Gasteiger partial charge in [-0.3, -0.25) is 9.59 Å². The molecule has 5 rings (SSSR count). The van der Waals surface area contributed by atoms with Gasteiger partial charge < -0.3 is 21.4 Å². The van der Waals surface area contributed by atoms with Crippen LogP contribution in [-0.2, 0) is 17.8 Å². The molecule has 0 aliphatic rings. The average Bonchev–Trinajstić information content (AvgIpc) is 3.31. The van der Waals surface area contributed by atoms with E-state index in [1.807, 2.05) is 42.5 Å². The van der Waals surface area contributed by atoms with Crippen molar-refractivity contribution in [1.29, 1.82) is 0 Å². The second-order valence-electron chi connectivity index (χ2n) is 8.59. The van der Waals surface area contributed by atoms with Crippen molar-refractivity contribution in [1.82, 2.24) is 20.6 Å². The molecule has 2 heterocycles. The summed E-state index contributed by atoms with van der Waals surface area (Å²) in [5.41, 5.74) is 8.23.